The summed E-state index contributed by atoms with van der Waals surface area (Å²) in [5.74, 6) is -0.475. The molecule has 26 heavy (non-hydrogen) atoms. The smallest absolute Gasteiger partial charge is 0.549 e. The van der Waals surface area contributed by atoms with Crippen LogP contribution in [0.4, 0.5) is 0 Å². The summed E-state index contributed by atoms with van der Waals surface area (Å²) in [6.45, 7) is 3.57. The average Bonchev–Trinajstić information content (AvgIpc) is 3.15. The predicted molar refractivity (Wildman–Crippen MR) is 90.6 cm³/mol. The Morgan fingerprint density at radius 1 is 1.23 bits per heavy atom. The number of pyridine rings is 1. The first-order chi connectivity index (χ1) is 12.0. The Balaban J connectivity index is 0.00000243. The first kappa shape index (κ1) is 20.2. The molecule has 0 atom stereocenters. The number of nitrogens with zero attached hydrogens (tertiary/aromatic N) is 2. The number of ether oxygens (including phenoxy) is 1. The average molecular weight is 359 g/mol. The fourth-order valence-corrected chi connectivity index (χ4v) is 2.36. The second-order valence-electron chi connectivity index (χ2n) is 6.25. The minimum Gasteiger partial charge on any atom is -0.549 e. The van der Waals surface area contributed by atoms with Crippen LogP contribution in [-0.2, 0) is 16.8 Å². The van der Waals surface area contributed by atoms with Crippen LogP contribution in [0.25, 0.3) is 11.4 Å². The topological polar surface area (TPSA) is 90.9 Å². The van der Waals surface area contributed by atoms with E-state index in [1.54, 1.807) is 32.3 Å². The Bertz CT molecular complexity index is 862. The Hall–Kier alpha value is -2.15. The number of H-pyrrole nitrogens is 1. The molecule has 2 aromatic heterocycles. The van der Waals surface area contributed by atoms with Crippen molar-refractivity contribution in [3.8, 4) is 17.1 Å². The second-order valence-corrected chi connectivity index (χ2v) is 6.25. The molecule has 3 aromatic rings. The maximum absolute atomic E-state index is 11.3. The van der Waals surface area contributed by atoms with Crippen LogP contribution in [0.5, 0.6) is 5.75 Å². The van der Waals surface area contributed by atoms with Crippen LogP contribution in [0.3, 0.4) is 0 Å². The molecule has 0 unspecified atom stereocenters. The molecule has 1 aromatic carbocycles. The molecule has 3 rings (SSSR count). The number of aliphatic carboxylic acids is 1. The van der Waals surface area contributed by atoms with Crippen LogP contribution in [-0.4, -0.2) is 21.2 Å². The maximum atomic E-state index is 11.3. The summed E-state index contributed by atoms with van der Waals surface area (Å²) >= 11 is 0. The van der Waals surface area contributed by atoms with Gasteiger partial charge in [0.1, 0.15) is 12.4 Å². The monoisotopic (exact) mass is 359 g/mol. The van der Waals surface area contributed by atoms with Crippen molar-refractivity contribution >= 4 is 5.97 Å². The molecule has 0 bridgehead atoms. The van der Waals surface area contributed by atoms with Crippen LogP contribution in [0, 0.1) is 0 Å². The molecule has 0 saturated heterocycles. The minimum atomic E-state index is -1.11. The van der Waals surface area contributed by atoms with Crippen LogP contribution < -0.4 is 39.4 Å². The fourth-order valence-electron chi connectivity index (χ4n) is 2.36. The molecule has 0 saturated carbocycles. The standard InChI is InChI=1S/C19H19N3O3.Na/c1-19(2,18(23)24)14-5-3-4-13(10-14)12-25-15-6-7-16(20-11-15)17-8-9-21-22-17;/h3-11H,12H2,1-2H3,(H,21,22)(H,23,24);/q;+1/p-1. The summed E-state index contributed by atoms with van der Waals surface area (Å²) in [6.07, 6.45) is 3.31. The number of benzene rings is 1. The Morgan fingerprint density at radius 2 is 2.04 bits per heavy atom. The SMILES string of the molecule is CC(C)(C(=O)[O-])c1cccc(COc2ccc(-c3ccn[nH]3)nc2)c1.[Na+]. The Morgan fingerprint density at radius 3 is 2.65 bits per heavy atom. The van der Waals surface area contributed by atoms with Gasteiger partial charge in [-0.15, -0.1) is 0 Å². The van der Waals surface area contributed by atoms with Crippen LogP contribution in [0.2, 0.25) is 0 Å². The molecule has 0 aliphatic carbocycles. The number of hydrogen-bond donors (Lipinski definition) is 1. The summed E-state index contributed by atoms with van der Waals surface area (Å²) in [5, 5.41) is 18.0. The molecule has 128 valence electrons. The second kappa shape index (κ2) is 8.49. The van der Waals surface area contributed by atoms with Gasteiger partial charge >= 0.3 is 29.6 Å². The number of carbonyl (C=O) groups excluding carboxylic acids is 1. The number of aromatic nitrogens is 3. The molecule has 2 heterocycles. The zero-order valence-electron chi connectivity index (χ0n) is 15.0. The molecule has 0 amide bonds. The van der Waals surface area contributed by atoms with Gasteiger partial charge in [0.2, 0.25) is 0 Å². The molecule has 0 radical (unpaired) electrons. The van der Waals surface area contributed by atoms with E-state index in [0.717, 1.165) is 17.0 Å². The van der Waals surface area contributed by atoms with Gasteiger partial charge in [0, 0.05) is 11.6 Å². The van der Waals surface area contributed by atoms with E-state index in [1.165, 1.54) is 0 Å². The third kappa shape index (κ3) is 4.52. The van der Waals surface area contributed by atoms with Gasteiger partial charge in [0.05, 0.1) is 23.6 Å². The molecule has 1 N–H and O–H groups in total. The van der Waals surface area contributed by atoms with Gasteiger partial charge in [0.25, 0.3) is 0 Å². The van der Waals surface area contributed by atoms with Gasteiger partial charge in [-0.1, -0.05) is 38.1 Å². The van der Waals surface area contributed by atoms with Gasteiger partial charge in [-0.2, -0.15) is 5.10 Å². The van der Waals surface area contributed by atoms with Gasteiger partial charge < -0.3 is 14.6 Å². The van der Waals surface area contributed by atoms with Crippen LogP contribution in [0.1, 0.15) is 25.0 Å². The number of carbonyl (C=O) groups is 1. The first-order valence-electron chi connectivity index (χ1n) is 7.86. The van der Waals surface area contributed by atoms with Crippen molar-refractivity contribution in [1.82, 2.24) is 15.2 Å². The number of carboxylic acid groups (broad SMARTS) is 1. The van der Waals surface area contributed by atoms with Gasteiger partial charge in [-0.25, -0.2) is 0 Å². The predicted octanol–water partition coefficient (Wildman–Crippen LogP) is -0.918. The van der Waals surface area contributed by atoms with Gasteiger partial charge in [0.15, 0.2) is 0 Å². The van der Waals surface area contributed by atoms with Crippen molar-refractivity contribution < 1.29 is 44.2 Å². The van der Waals surface area contributed by atoms with Crippen molar-refractivity contribution in [2.24, 2.45) is 0 Å². The Labute approximate surface area is 173 Å². The van der Waals surface area contributed by atoms with E-state index in [2.05, 4.69) is 15.2 Å². The maximum Gasteiger partial charge on any atom is 1.00 e. The van der Waals surface area contributed by atoms with Crippen molar-refractivity contribution in [1.29, 1.82) is 0 Å². The van der Waals surface area contributed by atoms with Crippen molar-refractivity contribution in [2.45, 2.75) is 25.9 Å². The fraction of sp³-hybridized carbons (Fsp3) is 0.211. The van der Waals surface area contributed by atoms with Crippen LogP contribution >= 0.6 is 0 Å². The van der Waals surface area contributed by atoms with E-state index in [9.17, 15) is 9.90 Å². The summed E-state index contributed by atoms with van der Waals surface area (Å²) in [7, 11) is 0. The minimum absolute atomic E-state index is 0. The molecule has 7 heteroatoms. The van der Waals surface area contributed by atoms with E-state index in [4.69, 9.17) is 4.74 Å². The van der Waals surface area contributed by atoms with Gasteiger partial charge in [-0.05, 0) is 29.3 Å². The molecule has 6 nitrogen and oxygen atoms in total. The summed E-state index contributed by atoms with van der Waals surface area (Å²) < 4.78 is 5.74. The third-order valence-corrected chi connectivity index (χ3v) is 4.08. The molecule has 0 aliphatic rings. The zero-order chi connectivity index (χ0) is 17.9. The van der Waals surface area contributed by atoms with Crippen LogP contribution in [0.15, 0.2) is 54.9 Å². The molecule has 0 spiro atoms. The molecule has 0 aliphatic heterocycles. The first-order valence-corrected chi connectivity index (χ1v) is 7.86. The number of hydrogen-bond acceptors (Lipinski definition) is 5. The van der Waals surface area contributed by atoms with Crippen molar-refractivity contribution in [3.63, 3.8) is 0 Å². The molecular formula is C19H18N3NaO3. The molecular weight excluding hydrogens is 341 g/mol. The normalized spacial score (nSPS) is 10.8. The van der Waals surface area contributed by atoms with E-state index in [0.29, 0.717) is 17.9 Å². The van der Waals surface area contributed by atoms with Crippen molar-refractivity contribution in [3.05, 3.63) is 66.0 Å². The molecule has 0 fully saturated rings. The number of aromatic amines is 1. The van der Waals surface area contributed by atoms with E-state index in [-0.39, 0.29) is 29.6 Å². The number of nitrogens with one attached hydrogen (secondary N) is 1. The quantitative estimate of drug-likeness (QED) is 0.575. The summed E-state index contributed by atoms with van der Waals surface area (Å²) in [5.41, 5.74) is 2.13. The summed E-state index contributed by atoms with van der Waals surface area (Å²) in [6, 6.07) is 12.8. The van der Waals surface area contributed by atoms with E-state index >= 15 is 0 Å². The van der Waals surface area contributed by atoms with Gasteiger partial charge in [-0.3, -0.25) is 10.1 Å². The van der Waals surface area contributed by atoms with E-state index in [1.807, 2.05) is 36.4 Å². The Kier molecular flexibility index (Phi) is 6.58. The zero-order valence-corrected chi connectivity index (χ0v) is 17.0. The van der Waals surface area contributed by atoms with E-state index < -0.39 is 11.4 Å². The number of carboxylic acids is 1. The third-order valence-electron chi connectivity index (χ3n) is 4.08. The summed E-state index contributed by atoms with van der Waals surface area (Å²) in [4.78, 5) is 15.6. The largest absolute Gasteiger partial charge is 1.00 e. The van der Waals surface area contributed by atoms with Crippen molar-refractivity contribution in [2.75, 3.05) is 0 Å². The number of rotatable bonds is 6.